The van der Waals surface area contributed by atoms with Crippen LogP contribution in [0.25, 0.3) is 0 Å². The zero-order chi connectivity index (χ0) is 14.3. The molecule has 0 radical (unpaired) electrons. The van der Waals surface area contributed by atoms with Gasteiger partial charge in [0.1, 0.15) is 11.9 Å². The molecular weight excluding hydrogens is 264 g/mol. The Kier molecular flexibility index (Phi) is 4.66. The van der Waals surface area contributed by atoms with Crippen LogP contribution in [0.5, 0.6) is 5.75 Å². The van der Waals surface area contributed by atoms with Gasteiger partial charge in [-0.25, -0.2) is 0 Å². The molecule has 1 heterocycles. The van der Waals surface area contributed by atoms with Crippen LogP contribution in [0.4, 0.5) is 0 Å². The number of ether oxygens (including phenoxy) is 3. The molecule has 0 saturated carbocycles. The first-order valence-corrected chi connectivity index (χ1v) is 7.07. The van der Waals surface area contributed by atoms with Gasteiger partial charge in [0.15, 0.2) is 0 Å². The highest BCUT2D eigenvalue weighted by atomic mass is 16.7. The molecule has 0 amide bonds. The van der Waals surface area contributed by atoms with Gasteiger partial charge in [-0.1, -0.05) is 54.6 Å². The molecule has 1 aliphatic rings. The van der Waals surface area contributed by atoms with Gasteiger partial charge in [0.2, 0.25) is 6.29 Å². The quantitative estimate of drug-likeness (QED) is 0.758. The van der Waals surface area contributed by atoms with Crippen LogP contribution >= 0.6 is 0 Å². The van der Waals surface area contributed by atoms with Gasteiger partial charge >= 0.3 is 0 Å². The van der Waals surface area contributed by atoms with Crippen LogP contribution in [0.2, 0.25) is 0 Å². The summed E-state index contributed by atoms with van der Waals surface area (Å²) in [5.74, 6) is 0.804. The molecule has 3 heteroatoms. The number of para-hydroxylation sites is 1. The van der Waals surface area contributed by atoms with Gasteiger partial charge in [-0.05, 0) is 23.8 Å². The fourth-order valence-electron chi connectivity index (χ4n) is 2.14. The van der Waals surface area contributed by atoms with Crippen molar-refractivity contribution < 1.29 is 14.2 Å². The smallest absolute Gasteiger partial charge is 0.220 e. The summed E-state index contributed by atoms with van der Waals surface area (Å²) in [5, 5.41) is 0. The van der Waals surface area contributed by atoms with Crippen LogP contribution < -0.4 is 4.74 Å². The molecule has 0 N–H and O–H groups in total. The Morgan fingerprint density at radius 3 is 2.33 bits per heavy atom. The van der Waals surface area contributed by atoms with Crippen molar-refractivity contribution in [2.24, 2.45) is 0 Å². The van der Waals surface area contributed by atoms with E-state index in [0.29, 0.717) is 13.2 Å². The standard InChI is InChI=1S/C18H18O3/c1-3-7-15(8-4-1)13-19-14-17-11-12-18(21-17)20-16-9-5-2-6-10-16/h1-12,17-18H,13-14H2/t17-,18?/m0/s1. The molecule has 0 aliphatic carbocycles. The topological polar surface area (TPSA) is 27.7 Å². The van der Waals surface area contributed by atoms with Crippen molar-refractivity contribution in [2.45, 2.75) is 19.0 Å². The van der Waals surface area contributed by atoms with Gasteiger partial charge in [-0.2, -0.15) is 0 Å². The highest BCUT2D eigenvalue weighted by Crippen LogP contribution is 2.18. The molecule has 1 unspecified atom stereocenters. The summed E-state index contributed by atoms with van der Waals surface area (Å²) in [7, 11) is 0. The summed E-state index contributed by atoms with van der Waals surface area (Å²) in [6, 6.07) is 19.8. The highest BCUT2D eigenvalue weighted by Gasteiger charge is 2.20. The van der Waals surface area contributed by atoms with Crippen LogP contribution in [0.3, 0.4) is 0 Å². The van der Waals surface area contributed by atoms with E-state index in [1.54, 1.807) is 0 Å². The fourth-order valence-corrected chi connectivity index (χ4v) is 2.14. The van der Waals surface area contributed by atoms with E-state index >= 15 is 0 Å². The molecule has 0 bridgehead atoms. The zero-order valence-corrected chi connectivity index (χ0v) is 11.7. The second kappa shape index (κ2) is 7.07. The van der Waals surface area contributed by atoms with Gasteiger partial charge in [0.25, 0.3) is 0 Å². The van der Waals surface area contributed by atoms with Crippen molar-refractivity contribution in [1.29, 1.82) is 0 Å². The van der Waals surface area contributed by atoms with Gasteiger partial charge in [0.05, 0.1) is 13.2 Å². The van der Waals surface area contributed by atoms with Gasteiger partial charge < -0.3 is 14.2 Å². The lowest BCUT2D eigenvalue weighted by atomic mass is 10.2. The third-order valence-electron chi connectivity index (χ3n) is 3.18. The maximum atomic E-state index is 5.74. The second-order valence-electron chi connectivity index (χ2n) is 4.86. The van der Waals surface area contributed by atoms with E-state index in [1.165, 1.54) is 0 Å². The summed E-state index contributed by atoms with van der Waals surface area (Å²) in [5.41, 5.74) is 1.16. The number of rotatable bonds is 6. The second-order valence-corrected chi connectivity index (χ2v) is 4.86. The van der Waals surface area contributed by atoms with Crippen LogP contribution in [-0.4, -0.2) is 19.0 Å². The third-order valence-corrected chi connectivity index (χ3v) is 3.18. The molecule has 108 valence electrons. The molecule has 2 aromatic rings. The lowest BCUT2D eigenvalue weighted by Crippen LogP contribution is -2.21. The van der Waals surface area contributed by atoms with Crippen molar-refractivity contribution in [1.82, 2.24) is 0 Å². The average Bonchev–Trinajstić information content (AvgIpc) is 2.97. The van der Waals surface area contributed by atoms with Gasteiger partial charge in [-0.15, -0.1) is 0 Å². The molecule has 1 aliphatic heterocycles. The van der Waals surface area contributed by atoms with Crippen molar-refractivity contribution in [3.63, 3.8) is 0 Å². The zero-order valence-electron chi connectivity index (χ0n) is 11.7. The number of hydrogen-bond acceptors (Lipinski definition) is 3. The predicted molar refractivity (Wildman–Crippen MR) is 81.0 cm³/mol. The van der Waals surface area contributed by atoms with Crippen LogP contribution in [-0.2, 0) is 16.1 Å². The molecule has 0 fully saturated rings. The van der Waals surface area contributed by atoms with Crippen molar-refractivity contribution in [3.8, 4) is 5.75 Å². The lowest BCUT2D eigenvalue weighted by molar-refractivity contribution is -0.0822. The molecule has 0 saturated heterocycles. The molecular formula is C18H18O3. The summed E-state index contributed by atoms with van der Waals surface area (Å²) in [6.45, 7) is 1.12. The summed E-state index contributed by atoms with van der Waals surface area (Å²) < 4.78 is 17.1. The monoisotopic (exact) mass is 282 g/mol. The minimum absolute atomic E-state index is 0.0533. The Morgan fingerprint density at radius 1 is 0.857 bits per heavy atom. The van der Waals surface area contributed by atoms with Crippen LogP contribution in [0.1, 0.15) is 5.56 Å². The fraction of sp³-hybridized carbons (Fsp3) is 0.222. The van der Waals surface area contributed by atoms with Crippen LogP contribution in [0.15, 0.2) is 72.8 Å². The Bertz CT molecular complexity index is 566. The molecule has 2 atom stereocenters. The lowest BCUT2D eigenvalue weighted by Gasteiger charge is -2.15. The molecule has 0 aromatic heterocycles. The maximum absolute atomic E-state index is 5.74. The maximum Gasteiger partial charge on any atom is 0.220 e. The van der Waals surface area contributed by atoms with Crippen molar-refractivity contribution >= 4 is 0 Å². The Labute approximate surface area is 124 Å². The first-order valence-electron chi connectivity index (χ1n) is 7.07. The number of benzene rings is 2. The van der Waals surface area contributed by atoms with E-state index in [1.807, 2.05) is 72.8 Å². The summed E-state index contributed by atoms with van der Waals surface area (Å²) in [4.78, 5) is 0. The molecule has 3 rings (SSSR count). The van der Waals surface area contributed by atoms with Crippen molar-refractivity contribution in [2.75, 3.05) is 6.61 Å². The van der Waals surface area contributed by atoms with E-state index in [9.17, 15) is 0 Å². The largest absolute Gasteiger partial charge is 0.461 e. The van der Waals surface area contributed by atoms with E-state index < -0.39 is 0 Å². The van der Waals surface area contributed by atoms with Crippen molar-refractivity contribution in [3.05, 3.63) is 78.4 Å². The minimum atomic E-state index is -0.335. The average molecular weight is 282 g/mol. The van der Waals surface area contributed by atoms with E-state index in [2.05, 4.69) is 0 Å². The minimum Gasteiger partial charge on any atom is -0.461 e. The van der Waals surface area contributed by atoms with E-state index in [4.69, 9.17) is 14.2 Å². The summed E-state index contributed by atoms with van der Waals surface area (Å²) >= 11 is 0. The molecule has 3 nitrogen and oxygen atoms in total. The summed E-state index contributed by atoms with van der Waals surface area (Å²) in [6.07, 6.45) is 3.52. The van der Waals surface area contributed by atoms with Gasteiger partial charge in [0, 0.05) is 0 Å². The number of hydrogen-bond donors (Lipinski definition) is 0. The van der Waals surface area contributed by atoms with E-state index in [-0.39, 0.29) is 12.4 Å². The SMILES string of the molecule is C1=C[C@@H](COCc2ccccc2)OC1Oc1ccccc1. The first-order chi connectivity index (χ1) is 10.4. The third kappa shape index (κ3) is 4.18. The Balaban J connectivity index is 1.40. The Morgan fingerprint density at radius 2 is 1.57 bits per heavy atom. The molecule has 21 heavy (non-hydrogen) atoms. The van der Waals surface area contributed by atoms with E-state index in [0.717, 1.165) is 11.3 Å². The van der Waals surface area contributed by atoms with Gasteiger partial charge in [-0.3, -0.25) is 0 Å². The van der Waals surface area contributed by atoms with Crippen LogP contribution in [0, 0.1) is 0 Å². The predicted octanol–water partition coefficient (Wildman–Crippen LogP) is 3.56. The highest BCUT2D eigenvalue weighted by molar-refractivity contribution is 5.22. The Hall–Kier alpha value is -2.10. The molecule has 2 aromatic carbocycles. The first kappa shape index (κ1) is 13.9. The normalized spacial score (nSPS) is 20.6. The molecule has 0 spiro atoms.